The molecule has 0 aromatic carbocycles. The third-order valence-electron chi connectivity index (χ3n) is 6.92. The van der Waals surface area contributed by atoms with Crippen molar-refractivity contribution in [2.75, 3.05) is 39.9 Å². The van der Waals surface area contributed by atoms with Gasteiger partial charge in [-0.3, -0.25) is 36.8 Å². The Bertz CT molecular complexity index is 497. The van der Waals surface area contributed by atoms with Crippen molar-refractivity contribution in [1.82, 2.24) is 42.1 Å². The summed E-state index contributed by atoms with van der Waals surface area (Å²) in [5.41, 5.74) is 0. The van der Waals surface area contributed by atoms with E-state index in [1.807, 2.05) is 0 Å². The molecule has 4 fully saturated rings. The van der Waals surface area contributed by atoms with E-state index in [0.29, 0.717) is 18.8 Å². The Morgan fingerprint density at radius 1 is 1.14 bits per heavy atom. The number of halogens is 1. The first-order chi connectivity index (χ1) is 14.1. The van der Waals surface area contributed by atoms with E-state index in [0.717, 1.165) is 52.1 Å². The van der Waals surface area contributed by atoms with Gasteiger partial charge < -0.3 is 10.4 Å². The van der Waals surface area contributed by atoms with E-state index in [-0.39, 0.29) is 30.7 Å². The van der Waals surface area contributed by atoms with E-state index in [9.17, 15) is 9.50 Å². The van der Waals surface area contributed by atoms with Crippen LogP contribution < -0.4 is 37.2 Å². The van der Waals surface area contributed by atoms with E-state index in [2.05, 4.69) is 42.1 Å². The fraction of sp³-hybridized carbons (Fsp3) is 1.00. The largest absolute Gasteiger partial charge is 0.378 e. The Labute approximate surface area is 173 Å². The van der Waals surface area contributed by atoms with Crippen LogP contribution in [0, 0.1) is 11.8 Å². The Hall–Kier alpha value is -0.430. The Balaban J connectivity index is 1.29. The number of aliphatic hydroxyl groups is 1. The molecule has 4 rings (SSSR count). The van der Waals surface area contributed by atoms with Crippen LogP contribution >= 0.6 is 0 Å². The normalized spacial score (nSPS) is 40.7. The number of likely N-dealkylation sites (tertiary alicyclic amines) is 1. The average Bonchev–Trinajstić information content (AvgIpc) is 3.19. The van der Waals surface area contributed by atoms with Crippen LogP contribution in [0.2, 0.25) is 0 Å². The van der Waals surface area contributed by atoms with Gasteiger partial charge in [-0.15, -0.1) is 0 Å². The first-order valence-corrected chi connectivity index (χ1v) is 11.3. The summed E-state index contributed by atoms with van der Waals surface area (Å²) in [6, 6.07) is 0. The minimum Gasteiger partial charge on any atom is -0.378 e. The highest BCUT2D eigenvalue weighted by Gasteiger charge is 2.40. The first-order valence-electron chi connectivity index (χ1n) is 11.3. The van der Waals surface area contributed by atoms with Crippen LogP contribution in [0.4, 0.5) is 4.39 Å². The van der Waals surface area contributed by atoms with Gasteiger partial charge in [0, 0.05) is 45.2 Å². The molecular formula is C19H39FN8O. The van der Waals surface area contributed by atoms with Gasteiger partial charge in [0.15, 0.2) is 0 Å². The molecule has 3 aliphatic heterocycles. The van der Waals surface area contributed by atoms with Crippen LogP contribution in [0.1, 0.15) is 32.1 Å². The predicted molar refractivity (Wildman–Crippen MR) is 110 cm³/mol. The molecule has 9 nitrogen and oxygen atoms in total. The maximum atomic E-state index is 13.4. The van der Waals surface area contributed by atoms with Gasteiger partial charge in [-0.05, 0) is 38.6 Å². The van der Waals surface area contributed by atoms with Gasteiger partial charge in [-0.25, -0.2) is 4.39 Å². The lowest BCUT2D eigenvalue weighted by Crippen LogP contribution is -2.74. The maximum Gasteiger partial charge on any atom is 0.114 e. The Kier molecular flexibility index (Phi) is 7.70. The molecule has 4 aliphatic rings. The van der Waals surface area contributed by atoms with Crippen LogP contribution in [-0.4, -0.2) is 87.1 Å². The summed E-state index contributed by atoms with van der Waals surface area (Å²) >= 11 is 0. The maximum absolute atomic E-state index is 13.4. The molecule has 168 valence electrons. The molecule has 1 aliphatic carbocycles. The number of rotatable bonds is 8. The second-order valence-electron chi connectivity index (χ2n) is 9.10. The van der Waals surface area contributed by atoms with Crippen molar-refractivity contribution in [3.63, 3.8) is 0 Å². The quantitative estimate of drug-likeness (QED) is 0.217. The van der Waals surface area contributed by atoms with Crippen LogP contribution in [-0.2, 0) is 0 Å². The highest BCUT2D eigenvalue weighted by molar-refractivity contribution is 4.93. The van der Waals surface area contributed by atoms with E-state index < -0.39 is 12.4 Å². The Morgan fingerprint density at radius 2 is 1.93 bits per heavy atom. The van der Waals surface area contributed by atoms with Crippen molar-refractivity contribution >= 4 is 0 Å². The monoisotopic (exact) mass is 414 g/mol. The van der Waals surface area contributed by atoms with Crippen molar-refractivity contribution in [2.45, 2.75) is 69.3 Å². The van der Waals surface area contributed by atoms with Gasteiger partial charge in [-0.2, -0.15) is 0 Å². The van der Waals surface area contributed by atoms with Crippen molar-refractivity contribution in [3.05, 3.63) is 0 Å². The molecule has 1 saturated carbocycles. The standard InChI is InChI=1S/C19H39FN8O/c1-21-18(29)13-9-28(10-13)17-6-15(25-16-8-22-11-24-16)26-19(27-17)23-7-12-2-4-14(20)5-3-12/h12-19,21-27,29H,2-11H2,1H3. The number of nitrogens with one attached hydrogen (secondary N) is 7. The highest BCUT2D eigenvalue weighted by atomic mass is 19.1. The lowest BCUT2D eigenvalue weighted by molar-refractivity contribution is -0.0623. The van der Waals surface area contributed by atoms with Gasteiger partial charge in [0.1, 0.15) is 18.7 Å². The van der Waals surface area contributed by atoms with Gasteiger partial charge in [0.2, 0.25) is 0 Å². The van der Waals surface area contributed by atoms with Crippen molar-refractivity contribution in [2.24, 2.45) is 11.8 Å². The molecule has 0 aromatic heterocycles. The topological polar surface area (TPSA) is 108 Å². The lowest BCUT2D eigenvalue weighted by Gasteiger charge is -2.50. The third-order valence-corrected chi connectivity index (χ3v) is 6.92. The molecule has 10 heteroatoms. The molecule has 3 saturated heterocycles. The minimum absolute atomic E-state index is 0.0111. The van der Waals surface area contributed by atoms with E-state index in [1.165, 1.54) is 0 Å². The number of hydrogen-bond acceptors (Lipinski definition) is 9. The second-order valence-corrected chi connectivity index (χ2v) is 9.10. The molecule has 3 heterocycles. The summed E-state index contributed by atoms with van der Waals surface area (Å²) < 4.78 is 13.4. The van der Waals surface area contributed by atoms with E-state index >= 15 is 0 Å². The first kappa shape index (κ1) is 21.8. The fourth-order valence-electron chi connectivity index (χ4n) is 4.98. The lowest BCUT2D eigenvalue weighted by atomic mass is 9.88. The Morgan fingerprint density at radius 3 is 2.62 bits per heavy atom. The SMILES string of the molecule is CNC(O)C1CN(C2CC(NC3CNCN3)NC(NCC3CCC(F)CC3)N2)C1. The van der Waals surface area contributed by atoms with Gasteiger partial charge in [0.25, 0.3) is 0 Å². The van der Waals surface area contributed by atoms with E-state index in [1.54, 1.807) is 7.05 Å². The molecule has 0 radical (unpaired) electrons. The smallest absolute Gasteiger partial charge is 0.114 e. The van der Waals surface area contributed by atoms with Crippen molar-refractivity contribution in [3.8, 4) is 0 Å². The molecule has 5 unspecified atom stereocenters. The third kappa shape index (κ3) is 5.84. The highest BCUT2D eigenvalue weighted by Crippen LogP contribution is 2.26. The molecule has 5 atom stereocenters. The predicted octanol–water partition coefficient (Wildman–Crippen LogP) is -1.84. The zero-order valence-corrected chi connectivity index (χ0v) is 17.5. The summed E-state index contributed by atoms with van der Waals surface area (Å²) in [6.07, 6.45) is 3.98. The van der Waals surface area contributed by atoms with E-state index in [4.69, 9.17) is 0 Å². The minimum atomic E-state index is -0.602. The summed E-state index contributed by atoms with van der Waals surface area (Å²) in [5.74, 6) is 0.836. The summed E-state index contributed by atoms with van der Waals surface area (Å²) in [6.45, 7) is 4.44. The molecule has 0 aromatic rings. The van der Waals surface area contributed by atoms with Gasteiger partial charge >= 0.3 is 0 Å². The molecule has 29 heavy (non-hydrogen) atoms. The molecule has 0 spiro atoms. The molecule has 0 bridgehead atoms. The summed E-state index contributed by atoms with van der Waals surface area (Å²) in [7, 11) is 1.80. The number of alkyl halides is 1. The van der Waals surface area contributed by atoms with Crippen molar-refractivity contribution in [1.29, 1.82) is 0 Å². The molecular weight excluding hydrogens is 375 g/mol. The number of nitrogens with zero attached hydrogens (tertiary/aromatic N) is 1. The number of hydrogen-bond donors (Lipinski definition) is 8. The van der Waals surface area contributed by atoms with Crippen molar-refractivity contribution < 1.29 is 9.50 Å². The average molecular weight is 415 g/mol. The second kappa shape index (κ2) is 10.3. The van der Waals surface area contributed by atoms with Crippen LogP contribution in [0.15, 0.2) is 0 Å². The fourth-order valence-corrected chi connectivity index (χ4v) is 4.98. The zero-order chi connectivity index (χ0) is 20.2. The summed E-state index contributed by atoms with van der Waals surface area (Å²) in [4.78, 5) is 2.41. The van der Waals surface area contributed by atoms with Crippen LogP contribution in [0.25, 0.3) is 0 Å². The number of aliphatic hydroxyl groups excluding tert-OH is 1. The molecule has 0 amide bonds. The van der Waals surface area contributed by atoms with Gasteiger partial charge in [0.05, 0.1) is 18.5 Å². The molecule has 8 N–H and O–H groups in total. The summed E-state index contributed by atoms with van der Waals surface area (Å²) in [5, 5.41) is 34.3. The van der Waals surface area contributed by atoms with Gasteiger partial charge in [-0.1, -0.05) is 0 Å². The van der Waals surface area contributed by atoms with Crippen LogP contribution in [0.3, 0.4) is 0 Å². The van der Waals surface area contributed by atoms with Crippen LogP contribution in [0.5, 0.6) is 0 Å². The zero-order valence-electron chi connectivity index (χ0n) is 17.5.